The van der Waals surface area contributed by atoms with E-state index >= 15 is 0 Å². The van der Waals surface area contributed by atoms with Crippen molar-refractivity contribution in [3.63, 3.8) is 0 Å². The molecule has 0 nitrogen and oxygen atoms in total. The highest BCUT2D eigenvalue weighted by atomic mass is 14.5. The fourth-order valence-electron chi connectivity index (χ4n) is 2.40. The van der Waals surface area contributed by atoms with Gasteiger partial charge in [0.05, 0.1) is 0 Å². The highest BCUT2D eigenvalue weighted by Gasteiger charge is 2.44. The summed E-state index contributed by atoms with van der Waals surface area (Å²) in [5.41, 5.74) is 0.732. The maximum Gasteiger partial charge on any atom is -0.0297 e. The molecular formula is C12H24. The van der Waals surface area contributed by atoms with Crippen LogP contribution >= 0.6 is 0 Å². The summed E-state index contributed by atoms with van der Waals surface area (Å²) in [5.74, 6) is 1.95. The Morgan fingerprint density at radius 1 is 1.25 bits per heavy atom. The van der Waals surface area contributed by atoms with Crippen molar-refractivity contribution >= 4 is 0 Å². The van der Waals surface area contributed by atoms with Gasteiger partial charge in [0.2, 0.25) is 0 Å². The minimum Gasteiger partial charge on any atom is -0.0654 e. The Morgan fingerprint density at radius 2 is 1.83 bits per heavy atom. The predicted octanol–water partition coefficient (Wildman–Crippen LogP) is 4.25. The average molecular weight is 168 g/mol. The molecule has 0 bridgehead atoms. The van der Waals surface area contributed by atoms with Crippen LogP contribution < -0.4 is 0 Å². The zero-order valence-electron chi connectivity index (χ0n) is 9.19. The van der Waals surface area contributed by atoms with Gasteiger partial charge in [-0.1, -0.05) is 47.0 Å². The summed E-state index contributed by atoms with van der Waals surface area (Å²) < 4.78 is 0. The van der Waals surface area contributed by atoms with Crippen LogP contribution in [0.25, 0.3) is 0 Å². The summed E-state index contributed by atoms with van der Waals surface area (Å²) in [4.78, 5) is 0. The van der Waals surface area contributed by atoms with Crippen LogP contribution in [-0.4, -0.2) is 0 Å². The molecule has 1 fully saturated rings. The quantitative estimate of drug-likeness (QED) is 0.575. The molecule has 0 aromatic heterocycles. The molecule has 2 unspecified atom stereocenters. The monoisotopic (exact) mass is 168 g/mol. The van der Waals surface area contributed by atoms with E-state index in [-0.39, 0.29) is 0 Å². The Kier molecular flexibility index (Phi) is 3.20. The molecule has 0 saturated heterocycles. The molecule has 0 amide bonds. The van der Waals surface area contributed by atoms with Gasteiger partial charge in [-0.25, -0.2) is 0 Å². The van der Waals surface area contributed by atoms with E-state index < -0.39 is 0 Å². The second kappa shape index (κ2) is 3.81. The zero-order valence-corrected chi connectivity index (χ0v) is 9.19. The topological polar surface area (TPSA) is 0 Å². The molecule has 0 aliphatic heterocycles. The normalized spacial score (nSPS) is 25.0. The third-order valence-corrected chi connectivity index (χ3v) is 4.03. The van der Waals surface area contributed by atoms with Crippen LogP contribution in [0.5, 0.6) is 0 Å². The van der Waals surface area contributed by atoms with Crippen LogP contribution in [0.1, 0.15) is 59.8 Å². The second-order valence-corrected chi connectivity index (χ2v) is 4.90. The standard InChI is InChI=1S/C12H24/c1-5-7-11(6-2)10(3)12(4)8-9-12/h10-11H,5-9H2,1-4H3. The lowest BCUT2D eigenvalue weighted by atomic mass is 9.78. The van der Waals surface area contributed by atoms with Gasteiger partial charge in [0, 0.05) is 0 Å². The van der Waals surface area contributed by atoms with E-state index in [9.17, 15) is 0 Å². The molecule has 0 heteroatoms. The van der Waals surface area contributed by atoms with Gasteiger partial charge in [-0.15, -0.1) is 0 Å². The van der Waals surface area contributed by atoms with Crippen LogP contribution in [0.3, 0.4) is 0 Å². The lowest BCUT2D eigenvalue weighted by molar-refractivity contribution is 0.223. The van der Waals surface area contributed by atoms with Crippen LogP contribution in [0.4, 0.5) is 0 Å². The molecule has 0 heterocycles. The zero-order chi connectivity index (χ0) is 9.19. The highest BCUT2D eigenvalue weighted by Crippen LogP contribution is 2.54. The summed E-state index contributed by atoms with van der Waals surface area (Å²) >= 11 is 0. The molecular weight excluding hydrogens is 144 g/mol. The van der Waals surface area contributed by atoms with Crippen molar-refractivity contribution in [3.8, 4) is 0 Å². The number of hydrogen-bond donors (Lipinski definition) is 0. The smallest absolute Gasteiger partial charge is 0.0297 e. The summed E-state index contributed by atoms with van der Waals surface area (Å²) in [6, 6.07) is 0. The SMILES string of the molecule is CCCC(CC)C(C)C1(C)CC1. The van der Waals surface area contributed by atoms with Gasteiger partial charge in [0.15, 0.2) is 0 Å². The molecule has 0 aromatic rings. The minimum atomic E-state index is 0.732. The van der Waals surface area contributed by atoms with E-state index in [1.807, 2.05) is 0 Å². The number of hydrogen-bond acceptors (Lipinski definition) is 0. The Labute approximate surface area is 77.7 Å². The Balaban J connectivity index is 2.41. The average Bonchev–Trinajstić information content (AvgIpc) is 2.79. The van der Waals surface area contributed by atoms with Gasteiger partial charge in [0.25, 0.3) is 0 Å². The Bertz CT molecular complexity index is 133. The first-order chi connectivity index (χ1) is 5.64. The van der Waals surface area contributed by atoms with Crippen molar-refractivity contribution in [3.05, 3.63) is 0 Å². The minimum absolute atomic E-state index is 0.732. The van der Waals surface area contributed by atoms with Crippen LogP contribution in [0, 0.1) is 17.3 Å². The second-order valence-electron chi connectivity index (χ2n) is 4.90. The number of rotatable bonds is 5. The molecule has 1 saturated carbocycles. The molecule has 72 valence electrons. The first-order valence-corrected chi connectivity index (χ1v) is 5.64. The van der Waals surface area contributed by atoms with Crippen molar-refractivity contribution in [1.82, 2.24) is 0 Å². The van der Waals surface area contributed by atoms with Gasteiger partial charge in [-0.2, -0.15) is 0 Å². The fraction of sp³-hybridized carbons (Fsp3) is 1.00. The molecule has 12 heavy (non-hydrogen) atoms. The lowest BCUT2D eigenvalue weighted by Gasteiger charge is -2.27. The van der Waals surface area contributed by atoms with E-state index in [2.05, 4.69) is 27.7 Å². The molecule has 0 spiro atoms. The maximum absolute atomic E-state index is 2.47. The molecule has 0 N–H and O–H groups in total. The first-order valence-electron chi connectivity index (χ1n) is 5.64. The molecule has 0 radical (unpaired) electrons. The van der Waals surface area contributed by atoms with Gasteiger partial charge >= 0.3 is 0 Å². The molecule has 1 aliphatic carbocycles. The van der Waals surface area contributed by atoms with Crippen LogP contribution in [0.2, 0.25) is 0 Å². The van der Waals surface area contributed by atoms with Crippen molar-refractivity contribution in [2.75, 3.05) is 0 Å². The van der Waals surface area contributed by atoms with E-state index in [1.54, 1.807) is 0 Å². The molecule has 1 rings (SSSR count). The summed E-state index contributed by atoms with van der Waals surface area (Å²) in [6.07, 6.45) is 7.14. The van der Waals surface area contributed by atoms with Gasteiger partial charge in [-0.3, -0.25) is 0 Å². The molecule has 1 aliphatic rings. The highest BCUT2D eigenvalue weighted by molar-refractivity contribution is 4.94. The van der Waals surface area contributed by atoms with E-state index in [0.29, 0.717) is 0 Å². The van der Waals surface area contributed by atoms with Gasteiger partial charge in [0.1, 0.15) is 0 Å². The summed E-state index contributed by atoms with van der Waals surface area (Å²) in [5, 5.41) is 0. The first kappa shape index (κ1) is 10.1. The molecule has 2 atom stereocenters. The Hall–Kier alpha value is 0. The van der Waals surface area contributed by atoms with Crippen LogP contribution in [0.15, 0.2) is 0 Å². The van der Waals surface area contributed by atoms with Gasteiger partial charge < -0.3 is 0 Å². The van der Waals surface area contributed by atoms with E-state index in [0.717, 1.165) is 17.3 Å². The molecule has 0 aromatic carbocycles. The lowest BCUT2D eigenvalue weighted by Crippen LogP contribution is -2.19. The fourth-order valence-corrected chi connectivity index (χ4v) is 2.40. The van der Waals surface area contributed by atoms with Crippen LogP contribution in [-0.2, 0) is 0 Å². The van der Waals surface area contributed by atoms with E-state index in [1.165, 1.54) is 32.1 Å². The largest absolute Gasteiger partial charge is 0.0654 e. The maximum atomic E-state index is 2.47. The van der Waals surface area contributed by atoms with Crippen molar-refractivity contribution in [2.45, 2.75) is 59.8 Å². The summed E-state index contributed by atoms with van der Waals surface area (Å²) in [6.45, 7) is 9.60. The van der Waals surface area contributed by atoms with Crippen molar-refractivity contribution in [1.29, 1.82) is 0 Å². The third-order valence-electron chi connectivity index (χ3n) is 4.03. The third kappa shape index (κ3) is 2.02. The van der Waals surface area contributed by atoms with Crippen molar-refractivity contribution < 1.29 is 0 Å². The Morgan fingerprint density at radius 3 is 2.17 bits per heavy atom. The predicted molar refractivity (Wildman–Crippen MR) is 55.2 cm³/mol. The summed E-state index contributed by atoms with van der Waals surface area (Å²) in [7, 11) is 0. The van der Waals surface area contributed by atoms with E-state index in [4.69, 9.17) is 0 Å². The van der Waals surface area contributed by atoms with Crippen molar-refractivity contribution in [2.24, 2.45) is 17.3 Å². The van der Waals surface area contributed by atoms with Gasteiger partial charge in [-0.05, 0) is 30.1 Å².